The minimum absolute atomic E-state index is 0. The molecule has 2 heterocycles. The standard InChI is InChI=1S/C22H30N2O3.CH4/c1-14-11-15(2)18(16(3)12-14)19-20(25)22(7-9-23(27-4)10-8-22)24(21(19)26)13-17-5-6-17;/h11-12,17,25H,5-10,13H2,1-4H3;1H4. The maximum atomic E-state index is 13.6. The molecule has 1 aliphatic carbocycles. The van der Waals surface area contributed by atoms with Crippen LogP contribution in [0.3, 0.4) is 0 Å². The Hall–Kier alpha value is -1.85. The Morgan fingerprint density at radius 3 is 2.21 bits per heavy atom. The Morgan fingerprint density at radius 2 is 1.71 bits per heavy atom. The minimum Gasteiger partial charge on any atom is -0.509 e. The lowest BCUT2D eigenvalue weighted by atomic mass is 9.84. The van der Waals surface area contributed by atoms with Crippen molar-refractivity contribution in [3.8, 4) is 0 Å². The van der Waals surface area contributed by atoms with Gasteiger partial charge in [-0.1, -0.05) is 25.1 Å². The van der Waals surface area contributed by atoms with Crippen molar-refractivity contribution in [3.63, 3.8) is 0 Å². The van der Waals surface area contributed by atoms with Gasteiger partial charge < -0.3 is 14.8 Å². The molecule has 0 unspecified atom stereocenters. The predicted molar refractivity (Wildman–Crippen MR) is 112 cm³/mol. The van der Waals surface area contributed by atoms with Gasteiger partial charge in [-0.3, -0.25) is 4.79 Å². The van der Waals surface area contributed by atoms with Crippen LogP contribution in [0.2, 0.25) is 0 Å². The van der Waals surface area contributed by atoms with Gasteiger partial charge in [0.1, 0.15) is 11.3 Å². The highest BCUT2D eigenvalue weighted by molar-refractivity contribution is 6.23. The predicted octanol–water partition coefficient (Wildman–Crippen LogP) is 4.17. The van der Waals surface area contributed by atoms with Crippen LogP contribution in [0.4, 0.5) is 0 Å². The molecule has 1 spiro atoms. The maximum Gasteiger partial charge on any atom is 0.258 e. The van der Waals surface area contributed by atoms with Crippen LogP contribution >= 0.6 is 0 Å². The van der Waals surface area contributed by atoms with Crippen molar-refractivity contribution < 1.29 is 14.7 Å². The van der Waals surface area contributed by atoms with E-state index in [0.717, 1.165) is 23.2 Å². The molecule has 3 aliphatic rings. The molecule has 0 radical (unpaired) electrons. The Bertz CT molecular complexity index is 779. The molecule has 5 nitrogen and oxygen atoms in total. The number of aryl methyl sites for hydroxylation is 3. The van der Waals surface area contributed by atoms with Gasteiger partial charge in [0.2, 0.25) is 0 Å². The number of hydroxylamine groups is 2. The highest BCUT2D eigenvalue weighted by Gasteiger charge is 2.54. The first kappa shape index (κ1) is 20.9. The first-order valence-electron chi connectivity index (χ1n) is 10.0. The van der Waals surface area contributed by atoms with Crippen LogP contribution in [0.15, 0.2) is 17.9 Å². The van der Waals surface area contributed by atoms with E-state index in [1.807, 2.05) is 23.8 Å². The highest BCUT2D eigenvalue weighted by Crippen LogP contribution is 2.48. The van der Waals surface area contributed by atoms with Crippen molar-refractivity contribution in [2.24, 2.45) is 5.92 Å². The summed E-state index contributed by atoms with van der Waals surface area (Å²) in [6.07, 6.45) is 3.78. The molecular formula is C23H34N2O3. The number of benzene rings is 1. The van der Waals surface area contributed by atoms with Crippen LogP contribution in [0.1, 0.15) is 55.4 Å². The molecule has 0 bridgehead atoms. The summed E-state index contributed by atoms with van der Waals surface area (Å²) in [6.45, 7) is 8.32. The van der Waals surface area contributed by atoms with Gasteiger partial charge in [-0.05, 0) is 69.1 Å². The van der Waals surface area contributed by atoms with Gasteiger partial charge in [-0.2, -0.15) is 5.06 Å². The average Bonchev–Trinajstić information content (AvgIpc) is 3.43. The largest absolute Gasteiger partial charge is 0.509 e. The van der Waals surface area contributed by atoms with Gasteiger partial charge in [0.25, 0.3) is 5.91 Å². The number of carbonyl (C=O) groups is 1. The Morgan fingerprint density at radius 1 is 1.14 bits per heavy atom. The topological polar surface area (TPSA) is 53.0 Å². The molecule has 1 N–H and O–H groups in total. The molecule has 1 aromatic rings. The minimum atomic E-state index is -0.576. The summed E-state index contributed by atoms with van der Waals surface area (Å²) >= 11 is 0. The zero-order valence-corrected chi connectivity index (χ0v) is 16.8. The second-order valence-electron chi connectivity index (χ2n) is 8.50. The van der Waals surface area contributed by atoms with Crippen molar-refractivity contribution in [2.75, 3.05) is 26.7 Å². The van der Waals surface area contributed by atoms with E-state index in [1.165, 1.54) is 18.4 Å². The molecule has 1 saturated carbocycles. The van der Waals surface area contributed by atoms with Crippen molar-refractivity contribution in [1.29, 1.82) is 0 Å². The van der Waals surface area contributed by atoms with Crippen LogP contribution in [0.25, 0.3) is 5.57 Å². The summed E-state index contributed by atoms with van der Waals surface area (Å²) in [5, 5.41) is 13.3. The van der Waals surface area contributed by atoms with E-state index in [1.54, 1.807) is 7.11 Å². The fraction of sp³-hybridized carbons (Fsp3) is 0.609. The summed E-state index contributed by atoms with van der Waals surface area (Å²) in [5.74, 6) is 0.859. The Labute approximate surface area is 168 Å². The van der Waals surface area contributed by atoms with E-state index < -0.39 is 5.54 Å². The van der Waals surface area contributed by atoms with E-state index in [0.29, 0.717) is 37.4 Å². The number of rotatable bonds is 4. The van der Waals surface area contributed by atoms with Gasteiger partial charge >= 0.3 is 0 Å². The van der Waals surface area contributed by atoms with E-state index in [4.69, 9.17) is 4.84 Å². The molecule has 1 aromatic carbocycles. The zero-order chi connectivity index (χ0) is 19.3. The van der Waals surface area contributed by atoms with Crippen molar-refractivity contribution >= 4 is 11.5 Å². The third-order valence-electron chi connectivity index (χ3n) is 6.53. The Balaban J connectivity index is 0.00000225. The molecule has 1 amide bonds. The first-order chi connectivity index (χ1) is 12.9. The maximum absolute atomic E-state index is 13.6. The lowest BCUT2D eigenvalue weighted by molar-refractivity contribution is -0.164. The van der Waals surface area contributed by atoms with Gasteiger partial charge in [0, 0.05) is 19.6 Å². The molecular weight excluding hydrogens is 352 g/mol. The molecule has 5 heteroatoms. The number of amides is 1. The van der Waals surface area contributed by atoms with Crippen LogP contribution in [0, 0.1) is 26.7 Å². The molecule has 28 heavy (non-hydrogen) atoms. The third kappa shape index (κ3) is 3.25. The number of hydrogen-bond donors (Lipinski definition) is 1. The van der Waals surface area contributed by atoms with Gasteiger partial charge in [0.15, 0.2) is 0 Å². The number of hydrogen-bond acceptors (Lipinski definition) is 4. The summed E-state index contributed by atoms with van der Waals surface area (Å²) in [5.41, 5.74) is 4.15. The quantitative estimate of drug-likeness (QED) is 0.844. The second-order valence-corrected chi connectivity index (χ2v) is 8.50. The number of piperidine rings is 1. The normalized spacial score (nSPS) is 22.1. The molecule has 154 valence electrons. The Kier molecular flexibility index (Phi) is 5.61. The van der Waals surface area contributed by atoms with Gasteiger partial charge in [-0.15, -0.1) is 0 Å². The van der Waals surface area contributed by atoms with E-state index in [2.05, 4.69) is 19.1 Å². The van der Waals surface area contributed by atoms with E-state index >= 15 is 0 Å². The second kappa shape index (κ2) is 7.53. The van der Waals surface area contributed by atoms with E-state index in [9.17, 15) is 9.90 Å². The SMILES string of the molecule is C.CON1CCC2(CC1)C(O)=C(c1c(C)cc(C)cc1C)C(=O)N2CC1CC1. The summed E-state index contributed by atoms with van der Waals surface area (Å²) in [7, 11) is 1.68. The lowest BCUT2D eigenvalue weighted by Crippen LogP contribution is -2.55. The number of nitrogens with zero attached hydrogens (tertiary/aromatic N) is 2. The first-order valence-corrected chi connectivity index (χ1v) is 10.0. The monoisotopic (exact) mass is 386 g/mol. The van der Waals surface area contributed by atoms with Gasteiger partial charge in [-0.25, -0.2) is 0 Å². The molecule has 4 rings (SSSR count). The highest BCUT2D eigenvalue weighted by atomic mass is 16.7. The average molecular weight is 387 g/mol. The lowest BCUT2D eigenvalue weighted by Gasteiger charge is -2.44. The van der Waals surface area contributed by atoms with Crippen molar-refractivity contribution in [2.45, 2.75) is 59.4 Å². The fourth-order valence-electron chi connectivity index (χ4n) is 4.95. The number of aliphatic hydroxyl groups is 1. The molecule has 0 aromatic heterocycles. The van der Waals surface area contributed by atoms with Crippen LogP contribution in [-0.2, 0) is 9.63 Å². The van der Waals surface area contributed by atoms with Crippen molar-refractivity contribution in [3.05, 3.63) is 40.1 Å². The number of aliphatic hydroxyl groups excluding tert-OH is 1. The smallest absolute Gasteiger partial charge is 0.258 e. The molecule has 2 aliphatic heterocycles. The summed E-state index contributed by atoms with van der Waals surface area (Å²) in [6, 6.07) is 4.19. The zero-order valence-electron chi connectivity index (χ0n) is 16.8. The van der Waals surface area contributed by atoms with Crippen LogP contribution in [0.5, 0.6) is 0 Å². The third-order valence-corrected chi connectivity index (χ3v) is 6.53. The fourth-order valence-corrected chi connectivity index (χ4v) is 4.95. The molecule has 2 fully saturated rings. The molecule has 1 saturated heterocycles. The van der Waals surface area contributed by atoms with Gasteiger partial charge in [0.05, 0.1) is 12.7 Å². The summed E-state index contributed by atoms with van der Waals surface area (Å²) in [4.78, 5) is 20.9. The van der Waals surface area contributed by atoms with E-state index in [-0.39, 0.29) is 19.1 Å². The van der Waals surface area contributed by atoms with Crippen LogP contribution < -0.4 is 0 Å². The van der Waals surface area contributed by atoms with Crippen molar-refractivity contribution in [1.82, 2.24) is 9.96 Å². The summed E-state index contributed by atoms with van der Waals surface area (Å²) < 4.78 is 0. The molecule has 0 atom stereocenters. The number of carbonyl (C=O) groups excluding carboxylic acids is 1. The van der Waals surface area contributed by atoms with Crippen LogP contribution in [-0.4, -0.2) is 53.3 Å².